The molecule has 0 fully saturated rings. The average molecular weight is 272 g/mol. The third kappa shape index (κ3) is 2.25. The maximum Gasteiger partial charge on any atom is 0.374 e. The maximum atomic E-state index is 11.5. The lowest BCUT2D eigenvalue weighted by molar-refractivity contribution is 0.0565. The van der Waals surface area contributed by atoms with Gasteiger partial charge in [0.05, 0.1) is 13.4 Å². The molecule has 0 N–H and O–H groups in total. The Labute approximate surface area is 115 Å². The van der Waals surface area contributed by atoms with Crippen LogP contribution in [0.5, 0.6) is 11.5 Å². The van der Waals surface area contributed by atoms with Gasteiger partial charge in [0.1, 0.15) is 0 Å². The van der Waals surface area contributed by atoms with Crippen molar-refractivity contribution in [2.75, 3.05) is 13.9 Å². The molecule has 2 heterocycles. The topological polar surface area (TPSA) is 57.9 Å². The summed E-state index contributed by atoms with van der Waals surface area (Å²) in [6.45, 7) is 0.247. The van der Waals surface area contributed by atoms with Crippen LogP contribution in [-0.4, -0.2) is 19.9 Å². The molecule has 2 aromatic rings. The molecule has 0 unspecified atom stereocenters. The fourth-order valence-corrected chi connectivity index (χ4v) is 1.91. The number of benzene rings is 1. The number of esters is 1. The van der Waals surface area contributed by atoms with Gasteiger partial charge in [-0.1, -0.05) is 18.2 Å². The summed E-state index contributed by atoms with van der Waals surface area (Å²) in [5.74, 6) is 1.14. The summed E-state index contributed by atoms with van der Waals surface area (Å²) in [6.07, 6.45) is 5.10. The van der Waals surface area contributed by atoms with Crippen LogP contribution in [0.2, 0.25) is 0 Å². The Morgan fingerprint density at radius 3 is 2.90 bits per heavy atom. The zero-order chi connectivity index (χ0) is 13.9. The van der Waals surface area contributed by atoms with Gasteiger partial charge in [0.15, 0.2) is 11.5 Å². The van der Waals surface area contributed by atoms with Gasteiger partial charge in [0.25, 0.3) is 0 Å². The van der Waals surface area contributed by atoms with Gasteiger partial charge in [-0.05, 0) is 23.8 Å². The van der Waals surface area contributed by atoms with E-state index < -0.39 is 5.97 Å². The second kappa shape index (κ2) is 5.13. The van der Waals surface area contributed by atoms with Crippen LogP contribution in [0, 0.1) is 0 Å². The van der Waals surface area contributed by atoms with E-state index in [4.69, 9.17) is 13.9 Å². The molecule has 0 atom stereocenters. The predicted octanol–water partition coefficient (Wildman–Crippen LogP) is 2.97. The molecule has 20 heavy (non-hydrogen) atoms. The van der Waals surface area contributed by atoms with Crippen molar-refractivity contribution in [3.05, 3.63) is 47.4 Å². The first-order chi connectivity index (χ1) is 9.78. The van der Waals surface area contributed by atoms with Crippen LogP contribution in [0.4, 0.5) is 0 Å². The van der Waals surface area contributed by atoms with E-state index in [1.807, 2.05) is 24.3 Å². The maximum absolute atomic E-state index is 11.5. The highest BCUT2D eigenvalue weighted by molar-refractivity contribution is 5.92. The van der Waals surface area contributed by atoms with E-state index in [0.29, 0.717) is 11.3 Å². The molecule has 5 nitrogen and oxygen atoms in total. The first kappa shape index (κ1) is 12.3. The van der Waals surface area contributed by atoms with E-state index in [9.17, 15) is 4.79 Å². The molecule has 3 rings (SSSR count). The van der Waals surface area contributed by atoms with E-state index >= 15 is 0 Å². The number of hydrogen-bond donors (Lipinski definition) is 0. The fraction of sp³-hybridized carbons (Fsp3) is 0.133. The molecular weight excluding hydrogens is 260 g/mol. The van der Waals surface area contributed by atoms with Gasteiger partial charge < -0.3 is 18.6 Å². The molecule has 1 aromatic carbocycles. The smallest absolute Gasteiger partial charge is 0.374 e. The Morgan fingerprint density at radius 2 is 2.05 bits per heavy atom. The quantitative estimate of drug-likeness (QED) is 0.804. The van der Waals surface area contributed by atoms with Crippen LogP contribution in [0.15, 0.2) is 34.9 Å². The van der Waals surface area contributed by atoms with Gasteiger partial charge >= 0.3 is 5.97 Å². The minimum atomic E-state index is -0.500. The summed E-state index contributed by atoms with van der Waals surface area (Å²) in [7, 11) is 1.32. The molecule has 1 aliphatic rings. The fourth-order valence-electron chi connectivity index (χ4n) is 1.91. The summed E-state index contributed by atoms with van der Waals surface area (Å²) in [5, 5.41) is 0. The molecule has 0 bridgehead atoms. The van der Waals surface area contributed by atoms with Crippen molar-refractivity contribution in [1.82, 2.24) is 0 Å². The second-order valence-electron chi connectivity index (χ2n) is 4.14. The van der Waals surface area contributed by atoms with Gasteiger partial charge in [0, 0.05) is 5.56 Å². The third-order valence-corrected chi connectivity index (χ3v) is 2.92. The van der Waals surface area contributed by atoms with E-state index in [-0.39, 0.29) is 12.6 Å². The van der Waals surface area contributed by atoms with Gasteiger partial charge in [-0.3, -0.25) is 0 Å². The van der Waals surface area contributed by atoms with Crippen LogP contribution >= 0.6 is 0 Å². The first-order valence-corrected chi connectivity index (χ1v) is 6.01. The van der Waals surface area contributed by atoms with E-state index in [1.165, 1.54) is 13.4 Å². The van der Waals surface area contributed by atoms with Crippen LogP contribution < -0.4 is 9.47 Å². The van der Waals surface area contributed by atoms with Gasteiger partial charge in [-0.15, -0.1) is 0 Å². The lowest BCUT2D eigenvalue weighted by atomic mass is 10.1. The Bertz CT molecular complexity index is 669. The summed E-state index contributed by atoms with van der Waals surface area (Å²) >= 11 is 0. The van der Waals surface area contributed by atoms with Crippen molar-refractivity contribution in [2.24, 2.45) is 0 Å². The molecule has 0 aliphatic carbocycles. The number of fused-ring (bicyclic) bond motifs is 1. The predicted molar refractivity (Wildman–Crippen MR) is 71.5 cm³/mol. The molecule has 0 radical (unpaired) electrons. The Kier molecular flexibility index (Phi) is 3.16. The summed E-state index contributed by atoms with van der Waals surface area (Å²) < 4.78 is 20.3. The van der Waals surface area contributed by atoms with Crippen LogP contribution in [0.1, 0.15) is 21.7 Å². The Morgan fingerprint density at radius 1 is 1.20 bits per heavy atom. The van der Waals surface area contributed by atoms with Crippen molar-refractivity contribution in [3.8, 4) is 11.5 Å². The number of carbonyl (C=O) groups excluding carboxylic acids is 1. The van der Waals surface area contributed by atoms with Crippen molar-refractivity contribution < 1.29 is 23.4 Å². The summed E-state index contributed by atoms with van der Waals surface area (Å²) in [6, 6.07) is 7.33. The molecular formula is C15H12O5. The highest BCUT2D eigenvalue weighted by atomic mass is 16.7. The van der Waals surface area contributed by atoms with E-state index in [2.05, 4.69) is 4.74 Å². The number of hydrogen-bond acceptors (Lipinski definition) is 5. The number of furan rings is 1. The van der Waals surface area contributed by atoms with E-state index in [0.717, 1.165) is 11.3 Å². The lowest BCUT2D eigenvalue weighted by Crippen LogP contribution is -2.00. The molecule has 1 aliphatic heterocycles. The molecule has 0 amide bonds. The minimum Gasteiger partial charge on any atom is -0.463 e. The van der Waals surface area contributed by atoms with Gasteiger partial charge in [-0.2, -0.15) is 0 Å². The molecule has 1 aromatic heterocycles. The molecule has 102 valence electrons. The molecule has 0 saturated heterocycles. The molecule has 0 spiro atoms. The van der Waals surface area contributed by atoms with Crippen molar-refractivity contribution >= 4 is 18.1 Å². The van der Waals surface area contributed by atoms with Gasteiger partial charge in [0.2, 0.25) is 12.6 Å². The largest absolute Gasteiger partial charge is 0.463 e. The summed E-state index contributed by atoms with van der Waals surface area (Å²) in [5.41, 5.74) is 1.60. The molecule has 0 saturated carbocycles. The normalized spacial score (nSPS) is 12.8. The monoisotopic (exact) mass is 272 g/mol. The van der Waals surface area contributed by atoms with Crippen molar-refractivity contribution in [3.63, 3.8) is 0 Å². The third-order valence-electron chi connectivity index (χ3n) is 2.92. The number of rotatable bonds is 3. The summed E-state index contributed by atoms with van der Waals surface area (Å²) in [4.78, 5) is 11.5. The van der Waals surface area contributed by atoms with Crippen LogP contribution in [0.25, 0.3) is 12.2 Å². The SMILES string of the molecule is COC(=O)c1occc1/C=C/c1ccc2c(c1)OCO2. The highest BCUT2D eigenvalue weighted by Crippen LogP contribution is 2.33. The Hall–Kier alpha value is -2.69. The number of carbonyl (C=O) groups is 1. The van der Waals surface area contributed by atoms with Crippen molar-refractivity contribution in [1.29, 1.82) is 0 Å². The van der Waals surface area contributed by atoms with Crippen LogP contribution in [-0.2, 0) is 4.74 Å². The van der Waals surface area contributed by atoms with Crippen molar-refractivity contribution in [2.45, 2.75) is 0 Å². The van der Waals surface area contributed by atoms with Crippen LogP contribution in [0.3, 0.4) is 0 Å². The zero-order valence-electron chi connectivity index (χ0n) is 10.8. The second-order valence-corrected chi connectivity index (χ2v) is 4.14. The number of methoxy groups -OCH3 is 1. The zero-order valence-corrected chi connectivity index (χ0v) is 10.8. The average Bonchev–Trinajstić information content (AvgIpc) is 3.12. The minimum absolute atomic E-state index is 0.185. The standard InChI is InChI=1S/C15H12O5/c1-17-15(16)14-11(6-7-18-14)4-2-10-3-5-12-13(8-10)20-9-19-12/h2-8H,9H2,1H3/b4-2+. The molecule has 5 heteroatoms. The van der Waals surface area contributed by atoms with E-state index in [1.54, 1.807) is 12.1 Å². The highest BCUT2D eigenvalue weighted by Gasteiger charge is 2.14. The Balaban J connectivity index is 1.84. The van der Waals surface area contributed by atoms with Gasteiger partial charge in [-0.25, -0.2) is 4.79 Å². The lowest BCUT2D eigenvalue weighted by Gasteiger charge is -1.98. The number of ether oxygens (including phenoxy) is 3. The first-order valence-electron chi connectivity index (χ1n) is 6.01.